The molecule has 2 rings (SSSR count). The SMILES string of the molecule is C[C@@H]1CCCC[C@H]1NC(=O)Nc1ccc(Cl)cc1. The average molecular weight is 267 g/mol. The standard InChI is InChI=1S/C14H19ClN2O/c1-10-4-2-3-5-13(10)17-14(18)16-12-8-6-11(15)7-9-12/h6-10,13H,2-5H2,1H3,(H2,16,17,18)/t10-,13-/m1/s1. The minimum absolute atomic E-state index is 0.129. The van der Waals surface area contributed by atoms with Crippen molar-refractivity contribution in [2.45, 2.75) is 38.6 Å². The molecule has 0 spiro atoms. The lowest BCUT2D eigenvalue weighted by atomic mass is 9.86. The highest BCUT2D eigenvalue weighted by atomic mass is 35.5. The fourth-order valence-electron chi connectivity index (χ4n) is 2.40. The lowest BCUT2D eigenvalue weighted by Gasteiger charge is -2.29. The van der Waals surface area contributed by atoms with Crippen molar-refractivity contribution in [2.75, 3.05) is 5.32 Å². The molecular formula is C14H19ClN2O. The molecule has 0 radical (unpaired) electrons. The van der Waals surface area contributed by atoms with Gasteiger partial charge in [0.25, 0.3) is 0 Å². The maximum absolute atomic E-state index is 11.9. The highest BCUT2D eigenvalue weighted by Crippen LogP contribution is 2.23. The van der Waals surface area contributed by atoms with Crippen molar-refractivity contribution in [3.05, 3.63) is 29.3 Å². The van der Waals surface area contributed by atoms with Crippen molar-refractivity contribution in [3.8, 4) is 0 Å². The Morgan fingerprint density at radius 1 is 1.22 bits per heavy atom. The minimum Gasteiger partial charge on any atom is -0.335 e. The molecule has 1 aromatic carbocycles. The van der Waals surface area contributed by atoms with Crippen LogP contribution in [0.3, 0.4) is 0 Å². The van der Waals surface area contributed by atoms with E-state index in [0.29, 0.717) is 17.0 Å². The molecule has 3 nitrogen and oxygen atoms in total. The van der Waals surface area contributed by atoms with Crippen molar-refractivity contribution in [1.29, 1.82) is 0 Å². The summed E-state index contributed by atoms with van der Waals surface area (Å²) in [6.07, 6.45) is 4.76. The molecule has 1 aromatic rings. The first-order chi connectivity index (χ1) is 8.65. The Labute approximate surface area is 113 Å². The molecule has 0 bridgehead atoms. The van der Waals surface area contributed by atoms with Gasteiger partial charge in [0.15, 0.2) is 0 Å². The van der Waals surface area contributed by atoms with E-state index in [4.69, 9.17) is 11.6 Å². The number of anilines is 1. The van der Waals surface area contributed by atoms with Gasteiger partial charge in [0.1, 0.15) is 0 Å². The Bertz CT molecular complexity index is 405. The van der Waals surface area contributed by atoms with Crippen LogP contribution in [0.25, 0.3) is 0 Å². The van der Waals surface area contributed by atoms with Gasteiger partial charge in [0.05, 0.1) is 0 Å². The molecule has 0 saturated heterocycles. The summed E-state index contributed by atoms with van der Waals surface area (Å²) in [5, 5.41) is 6.55. The topological polar surface area (TPSA) is 41.1 Å². The normalized spacial score (nSPS) is 23.4. The summed E-state index contributed by atoms with van der Waals surface area (Å²) in [5.74, 6) is 0.565. The van der Waals surface area contributed by atoms with Gasteiger partial charge < -0.3 is 10.6 Å². The van der Waals surface area contributed by atoms with Crippen LogP contribution in [0.2, 0.25) is 5.02 Å². The van der Waals surface area contributed by atoms with Crippen LogP contribution in [0.15, 0.2) is 24.3 Å². The van der Waals surface area contributed by atoms with Gasteiger partial charge in [-0.2, -0.15) is 0 Å². The first-order valence-corrected chi connectivity index (χ1v) is 6.86. The van der Waals surface area contributed by atoms with Gasteiger partial charge in [0, 0.05) is 16.8 Å². The van der Waals surface area contributed by atoms with Crippen LogP contribution in [0.5, 0.6) is 0 Å². The number of carbonyl (C=O) groups excluding carboxylic acids is 1. The lowest BCUT2D eigenvalue weighted by Crippen LogP contribution is -2.43. The fraction of sp³-hybridized carbons (Fsp3) is 0.500. The number of hydrogen-bond donors (Lipinski definition) is 2. The Kier molecular flexibility index (Phi) is 4.48. The zero-order valence-corrected chi connectivity index (χ0v) is 11.3. The van der Waals surface area contributed by atoms with E-state index in [1.54, 1.807) is 24.3 Å². The van der Waals surface area contributed by atoms with E-state index >= 15 is 0 Å². The summed E-state index contributed by atoms with van der Waals surface area (Å²) in [5.41, 5.74) is 0.764. The van der Waals surface area contributed by atoms with Crippen molar-refractivity contribution in [2.24, 2.45) is 5.92 Å². The van der Waals surface area contributed by atoms with Crippen LogP contribution in [-0.4, -0.2) is 12.1 Å². The van der Waals surface area contributed by atoms with Crippen LogP contribution in [0.4, 0.5) is 10.5 Å². The first kappa shape index (κ1) is 13.2. The smallest absolute Gasteiger partial charge is 0.319 e. The average Bonchev–Trinajstić information content (AvgIpc) is 2.35. The van der Waals surface area contributed by atoms with E-state index in [2.05, 4.69) is 17.6 Å². The Morgan fingerprint density at radius 3 is 2.56 bits per heavy atom. The van der Waals surface area contributed by atoms with Crippen molar-refractivity contribution >= 4 is 23.3 Å². The molecule has 2 atom stereocenters. The van der Waals surface area contributed by atoms with Gasteiger partial charge >= 0.3 is 6.03 Å². The van der Waals surface area contributed by atoms with Gasteiger partial charge in [0.2, 0.25) is 0 Å². The summed E-state index contributed by atoms with van der Waals surface area (Å²) in [7, 11) is 0. The van der Waals surface area contributed by atoms with Crippen molar-refractivity contribution < 1.29 is 4.79 Å². The maximum atomic E-state index is 11.9. The molecule has 1 fully saturated rings. The third-order valence-electron chi connectivity index (χ3n) is 3.53. The van der Waals surface area contributed by atoms with E-state index in [1.165, 1.54) is 19.3 Å². The van der Waals surface area contributed by atoms with Crippen LogP contribution in [0, 0.1) is 5.92 Å². The number of benzene rings is 1. The second-order valence-corrected chi connectivity index (χ2v) is 5.41. The molecule has 2 N–H and O–H groups in total. The summed E-state index contributed by atoms with van der Waals surface area (Å²) >= 11 is 5.79. The van der Waals surface area contributed by atoms with Crippen molar-refractivity contribution in [1.82, 2.24) is 5.32 Å². The highest BCUT2D eigenvalue weighted by molar-refractivity contribution is 6.30. The van der Waals surface area contributed by atoms with E-state index < -0.39 is 0 Å². The zero-order chi connectivity index (χ0) is 13.0. The lowest BCUT2D eigenvalue weighted by molar-refractivity contribution is 0.232. The summed E-state index contributed by atoms with van der Waals surface area (Å²) in [4.78, 5) is 11.9. The predicted molar refractivity (Wildman–Crippen MR) is 75.0 cm³/mol. The molecule has 98 valence electrons. The van der Waals surface area contributed by atoms with Crippen LogP contribution >= 0.6 is 11.6 Å². The monoisotopic (exact) mass is 266 g/mol. The highest BCUT2D eigenvalue weighted by Gasteiger charge is 2.22. The molecule has 0 unspecified atom stereocenters. The molecule has 1 saturated carbocycles. The summed E-state index contributed by atoms with van der Waals surface area (Å²) in [6, 6.07) is 7.29. The third-order valence-corrected chi connectivity index (χ3v) is 3.78. The molecule has 4 heteroatoms. The third kappa shape index (κ3) is 3.64. The number of halogens is 1. The van der Waals surface area contributed by atoms with Crippen molar-refractivity contribution in [3.63, 3.8) is 0 Å². The first-order valence-electron chi connectivity index (χ1n) is 6.48. The minimum atomic E-state index is -0.129. The van der Waals surface area contributed by atoms with Gasteiger partial charge in [-0.15, -0.1) is 0 Å². The van der Waals surface area contributed by atoms with Crippen LogP contribution in [-0.2, 0) is 0 Å². The molecule has 0 heterocycles. The van der Waals surface area contributed by atoms with E-state index in [9.17, 15) is 4.79 Å². The number of hydrogen-bond acceptors (Lipinski definition) is 1. The molecule has 18 heavy (non-hydrogen) atoms. The maximum Gasteiger partial charge on any atom is 0.319 e. The molecule has 2 amide bonds. The second-order valence-electron chi connectivity index (χ2n) is 4.97. The number of carbonyl (C=O) groups is 1. The zero-order valence-electron chi connectivity index (χ0n) is 10.6. The van der Waals surface area contributed by atoms with Gasteiger partial charge in [-0.05, 0) is 43.0 Å². The van der Waals surface area contributed by atoms with Gasteiger partial charge in [-0.1, -0.05) is 31.4 Å². The van der Waals surface area contributed by atoms with Crippen LogP contribution < -0.4 is 10.6 Å². The molecular weight excluding hydrogens is 248 g/mol. The van der Waals surface area contributed by atoms with E-state index in [-0.39, 0.29) is 6.03 Å². The molecule has 0 aliphatic heterocycles. The second kappa shape index (κ2) is 6.10. The molecule has 0 aromatic heterocycles. The number of urea groups is 1. The summed E-state index contributed by atoms with van der Waals surface area (Å²) < 4.78 is 0. The summed E-state index contributed by atoms with van der Waals surface area (Å²) in [6.45, 7) is 2.20. The van der Waals surface area contributed by atoms with Gasteiger partial charge in [-0.3, -0.25) is 0 Å². The molecule has 1 aliphatic rings. The Balaban J connectivity index is 1.86. The Hall–Kier alpha value is -1.22. The van der Waals surface area contributed by atoms with Gasteiger partial charge in [-0.25, -0.2) is 4.79 Å². The number of nitrogens with one attached hydrogen (secondary N) is 2. The van der Waals surface area contributed by atoms with Crippen LogP contribution in [0.1, 0.15) is 32.6 Å². The fourth-order valence-corrected chi connectivity index (χ4v) is 2.53. The van der Waals surface area contributed by atoms with E-state index in [0.717, 1.165) is 12.1 Å². The Morgan fingerprint density at radius 2 is 1.89 bits per heavy atom. The predicted octanol–water partition coefficient (Wildman–Crippen LogP) is 4.04. The quantitative estimate of drug-likeness (QED) is 0.833. The number of rotatable bonds is 2. The number of amides is 2. The largest absolute Gasteiger partial charge is 0.335 e. The van der Waals surface area contributed by atoms with E-state index in [1.807, 2.05) is 0 Å². The molecule has 1 aliphatic carbocycles.